The molecule has 0 bridgehead atoms. The van der Waals surface area contributed by atoms with Gasteiger partial charge < -0.3 is 15.5 Å². The Kier molecular flexibility index (Phi) is 3.85. The molecular formula is C19H24N3OS+. The van der Waals surface area contributed by atoms with Crippen molar-refractivity contribution in [2.45, 2.75) is 38.9 Å². The van der Waals surface area contributed by atoms with E-state index in [-0.39, 0.29) is 12.1 Å². The summed E-state index contributed by atoms with van der Waals surface area (Å²) in [5, 5.41) is 7.71. The second kappa shape index (κ2) is 5.90. The molecule has 0 saturated heterocycles. The molecule has 0 aliphatic carbocycles. The summed E-state index contributed by atoms with van der Waals surface area (Å²) < 4.78 is 0. The van der Waals surface area contributed by atoms with Gasteiger partial charge in [0.05, 0.1) is 24.0 Å². The standard InChI is InChI=1S/C19H23N3OS/c1-11(2)12-4-6-13(7-5-12)17-20-18(23)16-14-8-9-22(3)10-15(14)24-19(16)21-17/h4-7,11,17,21H,8-10H2,1-3H3,(H,20,23)/p+1/t17-/m1/s1. The van der Waals surface area contributed by atoms with Crippen molar-refractivity contribution in [2.75, 3.05) is 18.9 Å². The van der Waals surface area contributed by atoms with Gasteiger partial charge >= 0.3 is 0 Å². The molecule has 2 aliphatic rings. The van der Waals surface area contributed by atoms with E-state index in [0.717, 1.165) is 35.6 Å². The monoisotopic (exact) mass is 342 g/mol. The van der Waals surface area contributed by atoms with Crippen LogP contribution >= 0.6 is 11.3 Å². The Morgan fingerprint density at radius 1 is 1.21 bits per heavy atom. The van der Waals surface area contributed by atoms with Gasteiger partial charge in [-0.05, 0) is 22.6 Å². The van der Waals surface area contributed by atoms with Crippen LogP contribution in [0.15, 0.2) is 24.3 Å². The van der Waals surface area contributed by atoms with Crippen molar-refractivity contribution >= 4 is 22.2 Å². The van der Waals surface area contributed by atoms with E-state index in [4.69, 9.17) is 0 Å². The maximum atomic E-state index is 12.7. The lowest BCUT2D eigenvalue weighted by Gasteiger charge is -2.27. The number of hydrogen-bond donors (Lipinski definition) is 3. The molecule has 1 amide bonds. The van der Waals surface area contributed by atoms with Gasteiger partial charge in [-0.15, -0.1) is 11.3 Å². The summed E-state index contributed by atoms with van der Waals surface area (Å²) >= 11 is 1.76. The summed E-state index contributed by atoms with van der Waals surface area (Å²) in [4.78, 5) is 15.6. The highest BCUT2D eigenvalue weighted by atomic mass is 32.1. The van der Waals surface area contributed by atoms with Crippen LogP contribution in [0.3, 0.4) is 0 Å². The summed E-state index contributed by atoms with van der Waals surface area (Å²) in [6.07, 6.45) is 0.854. The Labute approximate surface area is 146 Å². The number of thiophene rings is 1. The van der Waals surface area contributed by atoms with Crippen molar-refractivity contribution < 1.29 is 9.69 Å². The number of rotatable bonds is 2. The molecule has 2 aliphatic heterocycles. The molecule has 1 unspecified atom stereocenters. The lowest BCUT2D eigenvalue weighted by Crippen LogP contribution is -3.08. The average molecular weight is 342 g/mol. The van der Waals surface area contributed by atoms with Crippen molar-refractivity contribution in [1.29, 1.82) is 0 Å². The number of quaternary nitrogens is 1. The van der Waals surface area contributed by atoms with Crippen LogP contribution < -0.4 is 15.5 Å². The Morgan fingerprint density at radius 3 is 2.67 bits per heavy atom. The van der Waals surface area contributed by atoms with E-state index in [9.17, 15) is 4.79 Å². The largest absolute Gasteiger partial charge is 0.353 e. The first kappa shape index (κ1) is 15.7. The number of likely N-dealkylation sites (N-methyl/N-ethyl adjacent to an activating group) is 1. The maximum absolute atomic E-state index is 12.7. The second-order valence-corrected chi connectivity index (χ2v) is 8.32. The van der Waals surface area contributed by atoms with Crippen LogP contribution in [0.5, 0.6) is 0 Å². The molecule has 0 radical (unpaired) electrons. The molecule has 5 heteroatoms. The molecule has 0 fully saturated rings. The zero-order valence-corrected chi connectivity index (χ0v) is 15.2. The second-order valence-electron chi connectivity index (χ2n) is 7.21. The predicted octanol–water partition coefficient (Wildman–Crippen LogP) is 2.30. The van der Waals surface area contributed by atoms with Gasteiger partial charge in [-0.3, -0.25) is 4.79 Å². The van der Waals surface area contributed by atoms with Gasteiger partial charge in [-0.2, -0.15) is 0 Å². The number of hydrogen-bond acceptors (Lipinski definition) is 3. The quantitative estimate of drug-likeness (QED) is 0.784. The fourth-order valence-corrected chi connectivity index (χ4v) is 4.96. The van der Waals surface area contributed by atoms with E-state index < -0.39 is 0 Å². The van der Waals surface area contributed by atoms with Crippen LogP contribution in [-0.4, -0.2) is 19.5 Å². The Hall–Kier alpha value is -1.85. The van der Waals surface area contributed by atoms with Gasteiger partial charge in [0.25, 0.3) is 5.91 Å². The van der Waals surface area contributed by atoms with Crippen LogP contribution in [0.25, 0.3) is 0 Å². The SMILES string of the molecule is CC(C)c1ccc([C@@H]2NC(=O)c3c(sc4c3CC[NH+](C)C4)N2)cc1. The minimum Gasteiger partial charge on any atom is -0.353 e. The summed E-state index contributed by atoms with van der Waals surface area (Å²) in [5.74, 6) is 0.585. The molecule has 1 aromatic heterocycles. The molecule has 2 atom stereocenters. The first-order valence-corrected chi connectivity index (χ1v) is 9.47. The smallest absolute Gasteiger partial charge is 0.256 e. The zero-order valence-electron chi connectivity index (χ0n) is 14.4. The number of carbonyl (C=O) groups is 1. The number of carbonyl (C=O) groups excluding carboxylic acids is 1. The van der Waals surface area contributed by atoms with Gasteiger partial charge in [0.15, 0.2) is 0 Å². The minimum absolute atomic E-state index is 0.0683. The van der Waals surface area contributed by atoms with Gasteiger partial charge in [-0.1, -0.05) is 38.1 Å². The summed E-state index contributed by atoms with van der Waals surface area (Å²) in [6.45, 7) is 6.51. The van der Waals surface area contributed by atoms with Crippen LogP contribution in [0.4, 0.5) is 5.00 Å². The van der Waals surface area contributed by atoms with E-state index >= 15 is 0 Å². The number of benzene rings is 1. The molecule has 2 aromatic rings. The van der Waals surface area contributed by atoms with Gasteiger partial charge in [0, 0.05) is 6.42 Å². The molecule has 4 nitrogen and oxygen atoms in total. The van der Waals surface area contributed by atoms with Crippen LogP contribution in [-0.2, 0) is 13.0 Å². The third kappa shape index (κ3) is 2.62. The first-order valence-electron chi connectivity index (χ1n) is 8.66. The maximum Gasteiger partial charge on any atom is 0.256 e. The Balaban J connectivity index is 1.63. The van der Waals surface area contributed by atoms with Crippen molar-refractivity contribution in [3.63, 3.8) is 0 Å². The third-order valence-corrected chi connectivity index (χ3v) is 6.23. The van der Waals surface area contributed by atoms with Gasteiger partial charge in [0.2, 0.25) is 0 Å². The summed E-state index contributed by atoms with van der Waals surface area (Å²) in [5.41, 5.74) is 4.57. The first-order chi connectivity index (χ1) is 11.5. The highest BCUT2D eigenvalue weighted by Gasteiger charge is 2.33. The zero-order chi connectivity index (χ0) is 16.8. The fourth-order valence-electron chi connectivity index (χ4n) is 3.57. The lowest BCUT2D eigenvalue weighted by molar-refractivity contribution is -0.895. The molecule has 3 N–H and O–H groups in total. The minimum atomic E-state index is -0.142. The van der Waals surface area contributed by atoms with Crippen molar-refractivity contribution in [3.05, 3.63) is 51.4 Å². The molecule has 4 rings (SSSR count). The average Bonchev–Trinajstić information content (AvgIpc) is 2.92. The molecule has 0 spiro atoms. The molecule has 126 valence electrons. The Morgan fingerprint density at radius 2 is 1.96 bits per heavy atom. The van der Waals surface area contributed by atoms with Crippen LogP contribution in [0.2, 0.25) is 0 Å². The lowest BCUT2D eigenvalue weighted by atomic mass is 9.99. The summed E-state index contributed by atoms with van der Waals surface area (Å²) in [6, 6.07) is 8.54. The number of anilines is 1. The highest BCUT2D eigenvalue weighted by molar-refractivity contribution is 7.16. The molecule has 0 saturated carbocycles. The van der Waals surface area contributed by atoms with E-state index in [1.165, 1.54) is 20.9 Å². The van der Waals surface area contributed by atoms with Crippen LogP contribution in [0, 0.1) is 0 Å². The molecule has 24 heavy (non-hydrogen) atoms. The molecule has 1 aromatic carbocycles. The van der Waals surface area contributed by atoms with Gasteiger partial charge in [-0.25, -0.2) is 0 Å². The van der Waals surface area contributed by atoms with E-state index in [2.05, 4.69) is 55.8 Å². The van der Waals surface area contributed by atoms with Crippen molar-refractivity contribution in [3.8, 4) is 0 Å². The van der Waals surface area contributed by atoms with E-state index in [0.29, 0.717) is 5.92 Å². The fraction of sp³-hybridized carbons (Fsp3) is 0.421. The molecule has 3 heterocycles. The third-order valence-electron chi connectivity index (χ3n) is 5.07. The molecular weight excluding hydrogens is 318 g/mol. The number of fused-ring (bicyclic) bond motifs is 3. The Bertz CT molecular complexity index is 779. The normalized spacial score (nSPS) is 22.6. The van der Waals surface area contributed by atoms with E-state index in [1.807, 2.05) is 0 Å². The van der Waals surface area contributed by atoms with Crippen molar-refractivity contribution in [2.24, 2.45) is 0 Å². The van der Waals surface area contributed by atoms with Crippen molar-refractivity contribution in [1.82, 2.24) is 5.32 Å². The summed E-state index contributed by atoms with van der Waals surface area (Å²) in [7, 11) is 2.22. The van der Waals surface area contributed by atoms with Gasteiger partial charge in [0.1, 0.15) is 17.7 Å². The number of nitrogens with one attached hydrogen (secondary N) is 3. The van der Waals surface area contributed by atoms with E-state index in [1.54, 1.807) is 11.3 Å². The topological polar surface area (TPSA) is 45.6 Å². The van der Waals surface area contributed by atoms with Crippen LogP contribution in [0.1, 0.15) is 57.9 Å². The number of amides is 1. The highest BCUT2D eigenvalue weighted by Crippen LogP contribution is 2.39. The predicted molar refractivity (Wildman–Crippen MR) is 97.8 cm³/mol.